The lowest BCUT2D eigenvalue weighted by atomic mass is 10.3. The molecule has 0 amide bonds. The number of hydrogen-bond acceptors (Lipinski definition) is 4. The molecule has 0 spiro atoms. The number of halogens is 2. The van der Waals surface area contributed by atoms with Gasteiger partial charge in [-0.15, -0.1) is 0 Å². The predicted octanol–water partition coefficient (Wildman–Crippen LogP) is 2.05. The van der Waals surface area contributed by atoms with E-state index in [-0.39, 0.29) is 19.6 Å². The molecule has 1 heterocycles. The number of rotatable bonds is 4. The van der Waals surface area contributed by atoms with Crippen molar-refractivity contribution in [3.63, 3.8) is 0 Å². The minimum absolute atomic E-state index is 0.158. The summed E-state index contributed by atoms with van der Waals surface area (Å²) in [5.74, 6) is -1.74. The Morgan fingerprint density at radius 1 is 0.815 bits per heavy atom. The van der Waals surface area contributed by atoms with Crippen LogP contribution < -0.4 is 0 Å². The smallest absolute Gasteiger partial charge is 0.207 e. The van der Waals surface area contributed by atoms with Crippen LogP contribution in [-0.2, 0) is 20.0 Å². The van der Waals surface area contributed by atoms with Crippen LogP contribution >= 0.6 is 0 Å². The first-order valence-corrected chi connectivity index (χ1v) is 11.0. The minimum Gasteiger partial charge on any atom is -0.207 e. The van der Waals surface area contributed by atoms with E-state index in [1.54, 1.807) is 0 Å². The summed E-state index contributed by atoms with van der Waals surface area (Å²) in [4.78, 5) is -0.912. The quantitative estimate of drug-likeness (QED) is 0.765. The summed E-state index contributed by atoms with van der Waals surface area (Å²) < 4.78 is 80.9. The molecule has 0 saturated carbocycles. The second kappa shape index (κ2) is 7.27. The summed E-state index contributed by atoms with van der Waals surface area (Å²) in [6.45, 7) is 1.05. The van der Waals surface area contributed by atoms with Gasteiger partial charge in [0.25, 0.3) is 0 Å². The van der Waals surface area contributed by atoms with Gasteiger partial charge in [-0.2, -0.15) is 8.61 Å². The lowest BCUT2D eigenvalue weighted by Crippen LogP contribution is -2.55. The maximum Gasteiger partial charge on any atom is 0.246 e. The highest BCUT2D eigenvalue weighted by Crippen LogP contribution is 2.27. The predicted molar refractivity (Wildman–Crippen MR) is 94.9 cm³/mol. The molecule has 2 aromatic rings. The summed E-state index contributed by atoms with van der Waals surface area (Å²) in [6.07, 6.45) is 0. The summed E-state index contributed by atoms with van der Waals surface area (Å²) in [7, 11) is -8.23. The van der Waals surface area contributed by atoms with Gasteiger partial charge in [0.05, 0.1) is 0 Å². The fourth-order valence-electron chi connectivity index (χ4n) is 3.06. The van der Waals surface area contributed by atoms with Crippen molar-refractivity contribution < 1.29 is 25.6 Å². The Morgan fingerprint density at radius 2 is 1.30 bits per heavy atom. The third-order valence-electron chi connectivity index (χ3n) is 4.41. The van der Waals surface area contributed by atoms with Crippen LogP contribution in [0.2, 0.25) is 0 Å². The summed E-state index contributed by atoms with van der Waals surface area (Å²) in [5, 5.41) is 0. The van der Waals surface area contributed by atoms with Crippen molar-refractivity contribution in [3.8, 4) is 0 Å². The van der Waals surface area contributed by atoms with Crippen molar-refractivity contribution in [1.29, 1.82) is 0 Å². The number of hydrogen-bond donors (Lipinski definition) is 0. The van der Waals surface area contributed by atoms with Crippen molar-refractivity contribution in [2.24, 2.45) is 0 Å². The Kier molecular flexibility index (Phi) is 5.35. The van der Waals surface area contributed by atoms with Crippen LogP contribution in [0.5, 0.6) is 0 Å². The van der Waals surface area contributed by atoms with Crippen molar-refractivity contribution in [3.05, 3.63) is 60.2 Å². The molecule has 6 nitrogen and oxygen atoms in total. The molecule has 0 aliphatic carbocycles. The molecular weight excluding hydrogens is 398 g/mol. The zero-order valence-corrected chi connectivity index (χ0v) is 16.1. The molecule has 10 heteroatoms. The van der Waals surface area contributed by atoms with E-state index in [4.69, 9.17) is 0 Å². The molecule has 0 bridgehead atoms. The Bertz CT molecular complexity index is 1060. The van der Waals surface area contributed by atoms with E-state index >= 15 is 0 Å². The molecular formula is C17H18F2N2O4S2. The first-order chi connectivity index (χ1) is 12.7. The molecule has 0 aromatic heterocycles. The maximum absolute atomic E-state index is 13.9. The zero-order valence-electron chi connectivity index (χ0n) is 14.4. The Balaban J connectivity index is 1.86. The zero-order chi connectivity index (χ0) is 19.8. The molecule has 1 atom stereocenters. The standard InChI is InChI=1S/C17H18F2N2O4S2/c1-13-12-20(26(22,23)16-8-4-2-6-14(16)18)10-11-21(13)27(24,25)17-9-5-3-7-15(17)19/h2-9,13H,10-12H2,1H3. The molecule has 1 saturated heterocycles. The van der Waals surface area contributed by atoms with E-state index in [1.165, 1.54) is 37.3 Å². The van der Waals surface area contributed by atoms with Crippen LogP contribution in [0.3, 0.4) is 0 Å². The Morgan fingerprint density at radius 3 is 1.78 bits per heavy atom. The topological polar surface area (TPSA) is 74.8 Å². The van der Waals surface area contributed by atoms with Gasteiger partial charge in [-0.05, 0) is 31.2 Å². The number of sulfonamides is 2. The van der Waals surface area contributed by atoms with Gasteiger partial charge < -0.3 is 0 Å². The average molecular weight is 416 g/mol. The van der Waals surface area contributed by atoms with Crippen LogP contribution in [0.25, 0.3) is 0 Å². The first kappa shape index (κ1) is 19.9. The van der Waals surface area contributed by atoms with Crippen molar-refractivity contribution >= 4 is 20.0 Å². The first-order valence-electron chi connectivity index (χ1n) is 8.17. The Hall–Kier alpha value is -1.88. The lowest BCUT2D eigenvalue weighted by Gasteiger charge is -2.38. The molecule has 0 radical (unpaired) electrons. The molecule has 0 N–H and O–H groups in total. The molecule has 2 aromatic carbocycles. The molecule has 1 fully saturated rings. The van der Waals surface area contributed by atoms with E-state index in [9.17, 15) is 25.6 Å². The third kappa shape index (κ3) is 3.62. The van der Waals surface area contributed by atoms with Gasteiger partial charge in [0.2, 0.25) is 20.0 Å². The maximum atomic E-state index is 13.9. The second-order valence-electron chi connectivity index (χ2n) is 6.19. The van der Waals surface area contributed by atoms with Gasteiger partial charge >= 0.3 is 0 Å². The highest BCUT2D eigenvalue weighted by Gasteiger charge is 2.39. The molecule has 27 heavy (non-hydrogen) atoms. The minimum atomic E-state index is -4.12. The van der Waals surface area contributed by atoms with Crippen LogP contribution in [0.1, 0.15) is 6.92 Å². The van der Waals surface area contributed by atoms with E-state index in [0.29, 0.717) is 0 Å². The van der Waals surface area contributed by atoms with Crippen LogP contribution in [-0.4, -0.2) is 51.1 Å². The van der Waals surface area contributed by atoms with E-state index in [1.807, 2.05) is 0 Å². The van der Waals surface area contributed by atoms with Gasteiger partial charge in [-0.3, -0.25) is 0 Å². The summed E-state index contributed by atoms with van der Waals surface area (Å²) in [5.41, 5.74) is 0. The van der Waals surface area contributed by atoms with Crippen molar-refractivity contribution in [2.45, 2.75) is 22.8 Å². The van der Waals surface area contributed by atoms with Crippen LogP contribution in [0, 0.1) is 11.6 Å². The SMILES string of the molecule is CC1CN(S(=O)(=O)c2ccccc2F)CCN1S(=O)(=O)c1ccccc1F. The van der Waals surface area contributed by atoms with Gasteiger partial charge in [0, 0.05) is 25.7 Å². The normalized spacial score (nSPS) is 19.9. The van der Waals surface area contributed by atoms with Gasteiger partial charge in [-0.25, -0.2) is 25.6 Å². The van der Waals surface area contributed by atoms with Gasteiger partial charge in [0.1, 0.15) is 21.4 Å². The van der Waals surface area contributed by atoms with E-state index in [0.717, 1.165) is 26.8 Å². The van der Waals surface area contributed by atoms with E-state index in [2.05, 4.69) is 0 Å². The monoisotopic (exact) mass is 416 g/mol. The van der Waals surface area contributed by atoms with Gasteiger partial charge in [-0.1, -0.05) is 24.3 Å². The fourth-order valence-corrected chi connectivity index (χ4v) is 6.31. The highest BCUT2D eigenvalue weighted by molar-refractivity contribution is 7.89. The van der Waals surface area contributed by atoms with Crippen LogP contribution in [0.15, 0.2) is 58.3 Å². The molecule has 146 valence electrons. The number of nitrogens with zero attached hydrogens (tertiary/aromatic N) is 2. The fraction of sp³-hybridized carbons (Fsp3) is 0.294. The van der Waals surface area contributed by atoms with Crippen molar-refractivity contribution in [2.75, 3.05) is 19.6 Å². The summed E-state index contributed by atoms with van der Waals surface area (Å²) >= 11 is 0. The highest BCUT2D eigenvalue weighted by atomic mass is 32.2. The average Bonchev–Trinajstić information content (AvgIpc) is 2.61. The van der Waals surface area contributed by atoms with Crippen molar-refractivity contribution in [1.82, 2.24) is 8.61 Å². The third-order valence-corrected chi connectivity index (χ3v) is 8.35. The van der Waals surface area contributed by atoms with Gasteiger partial charge in [0.15, 0.2) is 0 Å². The number of benzene rings is 2. The van der Waals surface area contributed by atoms with E-state index < -0.39 is 47.5 Å². The van der Waals surface area contributed by atoms with Crippen LogP contribution in [0.4, 0.5) is 8.78 Å². The summed E-state index contributed by atoms with van der Waals surface area (Å²) in [6, 6.07) is 9.29. The Labute approximate surface area is 157 Å². The molecule has 1 aliphatic heterocycles. The molecule has 1 unspecified atom stereocenters. The molecule has 3 rings (SSSR count). The number of piperazine rings is 1. The second-order valence-corrected chi connectivity index (χ2v) is 9.95. The largest absolute Gasteiger partial charge is 0.246 e. The molecule has 1 aliphatic rings. The lowest BCUT2D eigenvalue weighted by molar-refractivity contribution is 0.212.